The standard InChI is InChI=1S/C11H17N3O4S/c1-11(3-2-4-18-11)7-14-10(15)9-5-8(6-13-9)19(12,16)17/h5-6,13H,2-4,7H2,1H3,(H,14,15)(H2,12,16,17). The van der Waals surface area contributed by atoms with Crippen LogP contribution in [0.2, 0.25) is 0 Å². The average Bonchev–Trinajstić information content (AvgIpc) is 2.94. The minimum atomic E-state index is -3.79. The maximum absolute atomic E-state index is 11.9. The summed E-state index contributed by atoms with van der Waals surface area (Å²) < 4.78 is 27.7. The summed E-state index contributed by atoms with van der Waals surface area (Å²) in [6.45, 7) is 3.02. The maximum atomic E-state index is 11.9. The van der Waals surface area contributed by atoms with Gasteiger partial charge in [-0.25, -0.2) is 13.6 Å². The van der Waals surface area contributed by atoms with Crippen LogP contribution in [0.15, 0.2) is 17.2 Å². The number of hydrogen-bond donors (Lipinski definition) is 3. The van der Waals surface area contributed by atoms with Gasteiger partial charge in [-0.3, -0.25) is 4.79 Å². The molecule has 8 heteroatoms. The highest BCUT2D eigenvalue weighted by atomic mass is 32.2. The van der Waals surface area contributed by atoms with Crippen molar-refractivity contribution in [3.8, 4) is 0 Å². The molecule has 1 saturated heterocycles. The second-order valence-corrected chi connectivity index (χ2v) is 6.44. The summed E-state index contributed by atoms with van der Waals surface area (Å²) in [5.41, 5.74) is -0.184. The lowest BCUT2D eigenvalue weighted by molar-refractivity contribution is 0.0205. The van der Waals surface area contributed by atoms with Gasteiger partial charge in [0.25, 0.3) is 5.91 Å². The van der Waals surface area contributed by atoms with Crippen molar-refractivity contribution in [1.29, 1.82) is 0 Å². The van der Waals surface area contributed by atoms with E-state index in [1.807, 2.05) is 6.92 Å². The molecule has 2 heterocycles. The van der Waals surface area contributed by atoms with Crippen molar-refractivity contribution in [2.75, 3.05) is 13.2 Å². The topological polar surface area (TPSA) is 114 Å². The fraction of sp³-hybridized carbons (Fsp3) is 0.545. The minimum absolute atomic E-state index is 0.110. The van der Waals surface area contributed by atoms with Crippen LogP contribution in [-0.2, 0) is 14.8 Å². The smallest absolute Gasteiger partial charge is 0.267 e. The number of hydrogen-bond acceptors (Lipinski definition) is 4. The molecule has 1 aliphatic heterocycles. The Hall–Kier alpha value is -1.38. The molecular formula is C11H17N3O4S. The van der Waals surface area contributed by atoms with Crippen molar-refractivity contribution in [2.45, 2.75) is 30.3 Å². The number of rotatable bonds is 4. The monoisotopic (exact) mass is 287 g/mol. The summed E-state index contributed by atoms with van der Waals surface area (Å²) in [7, 11) is -3.79. The SMILES string of the molecule is CC1(CNC(=O)c2cc(S(N)(=O)=O)c[nH]2)CCCO1. The molecule has 1 fully saturated rings. The van der Waals surface area contributed by atoms with Crippen molar-refractivity contribution in [1.82, 2.24) is 10.3 Å². The van der Waals surface area contributed by atoms with Crippen molar-refractivity contribution in [2.24, 2.45) is 5.14 Å². The number of sulfonamides is 1. The minimum Gasteiger partial charge on any atom is -0.373 e. The molecule has 1 aromatic rings. The molecule has 0 spiro atoms. The third-order valence-electron chi connectivity index (χ3n) is 3.15. The Bertz CT molecular complexity index is 573. The normalized spacial score (nSPS) is 23.5. The molecule has 1 aromatic heterocycles. The van der Waals surface area contributed by atoms with Gasteiger partial charge in [-0.2, -0.15) is 0 Å². The summed E-state index contributed by atoms with van der Waals surface area (Å²) in [5, 5.41) is 7.68. The predicted molar refractivity (Wildman–Crippen MR) is 68.1 cm³/mol. The lowest BCUT2D eigenvalue weighted by atomic mass is 10.0. The highest BCUT2D eigenvalue weighted by molar-refractivity contribution is 7.89. The Morgan fingerprint density at radius 1 is 1.63 bits per heavy atom. The highest BCUT2D eigenvalue weighted by Crippen LogP contribution is 2.24. The van der Waals surface area contributed by atoms with Crippen molar-refractivity contribution in [3.63, 3.8) is 0 Å². The number of aromatic amines is 1. The van der Waals surface area contributed by atoms with Gasteiger partial charge in [0, 0.05) is 19.3 Å². The Balaban J connectivity index is 1.99. The lowest BCUT2D eigenvalue weighted by Crippen LogP contribution is -2.40. The molecule has 7 nitrogen and oxygen atoms in total. The van der Waals surface area contributed by atoms with E-state index in [9.17, 15) is 13.2 Å². The third-order valence-corrected chi connectivity index (χ3v) is 4.05. The van der Waals surface area contributed by atoms with Gasteiger partial charge < -0.3 is 15.0 Å². The van der Waals surface area contributed by atoms with E-state index in [4.69, 9.17) is 9.88 Å². The largest absolute Gasteiger partial charge is 0.373 e. The van der Waals surface area contributed by atoms with E-state index < -0.39 is 10.0 Å². The quantitative estimate of drug-likeness (QED) is 0.721. The van der Waals surface area contributed by atoms with Crippen LogP contribution < -0.4 is 10.5 Å². The molecule has 0 saturated carbocycles. The molecule has 19 heavy (non-hydrogen) atoms. The lowest BCUT2D eigenvalue weighted by Gasteiger charge is -2.23. The molecule has 1 atom stereocenters. The molecule has 2 rings (SSSR count). The molecule has 0 aliphatic carbocycles. The first kappa shape index (κ1) is 14.0. The molecule has 0 bridgehead atoms. The van der Waals surface area contributed by atoms with E-state index in [0.717, 1.165) is 12.8 Å². The molecule has 4 N–H and O–H groups in total. The third kappa shape index (κ3) is 3.34. The van der Waals surface area contributed by atoms with Crippen molar-refractivity contribution in [3.05, 3.63) is 18.0 Å². The Morgan fingerprint density at radius 2 is 2.37 bits per heavy atom. The molecule has 106 valence electrons. The van der Waals surface area contributed by atoms with Crippen molar-refractivity contribution >= 4 is 15.9 Å². The van der Waals surface area contributed by atoms with Gasteiger partial charge in [0.2, 0.25) is 10.0 Å². The molecule has 1 unspecified atom stereocenters. The maximum Gasteiger partial charge on any atom is 0.267 e. The first-order chi connectivity index (χ1) is 8.80. The zero-order valence-electron chi connectivity index (χ0n) is 10.6. The molecular weight excluding hydrogens is 270 g/mol. The summed E-state index contributed by atoms with van der Waals surface area (Å²) in [5.74, 6) is -0.383. The summed E-state index contributed by atoms with van der Waals surface area (Å²) in [6, 6.07) is 1.21. The van der Waals surface area contributed by atoms with Gasteiger partial charge in [0.05, 0.1) is 10.5 Å². The van der Waals surface area contributed by atoms with Crippen molar-refractivity contribution < 1.29 is 17.9 Å². The van der Waals surface area contributed by atoms with Crippen LogP contribution in [0, 0.1) is 0 Å². The van der Waals surface area contributed by atoms with Gasteiger partial charge in [-0.1, -0.05) is 0 Å². The number of aromatic nitrogens is 1. The molecule has 0 radical (unpaired) electrons. The first-order valence-electron chi connectivity index (χ1n) is 5.94. The van der Waals surface area contributed by atoms with Gasteiger partial charge in [0.15, 0.2) is 0 Å². The zero-order chi connectivity index (χ0) is 14.1. The molecule has 0 aromatic carbocycles. The van der Waals surface area contributed by atoms with E-state index in [-0.39, 0.29) is 22.1 Å². The van der Waals surface area contributed by atoms with E-state index in [1.165, 1.54) is 12.3 Å². The predicted octanol–water partition coefficient (Wildman–Crippen LogP) is -0.0390. The molecule has 1 aliphatic rings. The van der Waals surface area contributed by atoms with Crippen LogP contribution in [0.5, 0.6) is 0 Å². The number of primary sulfonamides is 1. The number of carbonyl (C=O) groups excluding carboxylic acids is 1. The number of ether oxygens (including phenoxy) is 1. The van der Waals surface area contributed by atoms with E-state index in [1.54, 1.807) is 0 Å². The Kier molecular flexibility index (Phi) is 3.66. The van der Waals surface area contributed by atoms with Crippen LogP contribution in [0.3, 0.4) is 0 Å². The van der Waals surface area contributed by atoms with Gasteiger partial charge in [0.1, 0.15) is 5.69 Å². The average molecular weight is 287 g/mol. The summed E-state index contributed by atoms with van der Waals surface area (Å²) >= 11 is 0. The van der Waals surface area contributed by atoms with Crippen LogP contribution >= 0.6 is 0 Å². The number of H-pyrrole nitrogens is 1. The Labute approximate surface area is 111 Å². The number of nitrogens with one attached hydrogen (secondary N) is 2. The second-order valence-electron chi connectivity index (χ2n) is 4.88. The number of amides is 1. The van der Waals surface area contributed by atoms with E-state index in [2.05, 4.69) is 10.3 Å². The van der Waals surface area contributed by atoms with Crippen LogP contribution in [0.25, 0.3) is 0 Å². The van der Waals surface area contributed by atoms with Crippen LogP contribution in [0.4, 0.5) is 0 Å². The van der Waals surface area contributed by atoms with Crippen LogP contribution in [-0.4, -0.2) is 38.1 Å². The van der Waals surface area contributed by atoms with E-state index in [0.29, 0.717) is 13.2 Å². The number of nitrogens with two attached hydrogens (primary N) is 1. The molecule has 1 amide bonds. The van der Waals surface area contributed by atoms with E-state index >= 15 is 0 Å². The first-order valence-corrected chi connectivity index (χ1v) is 7.48. The zero-order valence-corrected chi connectivity index (χ0v) is 11.4. The van der Waals surface area contributed by atoms with Gasteiger partial charge >= 0.3 is 0 Å². The van der Waals surface area contributed by atoms with Gasteiger partial charge in [-0.15, -0.1) is 0 Å². The summed E-state index contributed by atoms with van der Waals surface area (Å²) in [6.07, 6.45) is 3.06. The fourth-order valence-corrected chi connectivity index (χ4v) is 2.51. The number of carbonyl (C=O) groups is 1. The second kappa shape index (κ2) is 4.95. The Morgan fingerprint density at radius 3 is 2.89 bits per heavy atom. The van der Waals surface area contributed by atoms with Gasteiger partial charge in [-0.05, 0) is 25.8 Å². The summed E-state index contributed by atoms with van der Waals surface area (Å²) in [4.78, 5) is 14.3. The fourth-order valence-electron chi connectivity index (χ4n) is 2.01. The van der Waals surface area contributed by atoms with Crippen LogP contribution in [0.1, 0.15) is 30.3 Å². The highest BCUT2D eigenvalue weighted by Gasteiger charge is 2.30.